The Morgan fingerprint density at radius 3 is 3.07 bits per heavy atom. The van der Waals surface area contributed by atoms with Crippen LogP contribution in [-0.4, -0.2) is 26.1 Å². The zero-order valence-electron chi connectivity index (χ0n) is 8.03. The van der Waals surface area contributed by atoms with Gasteiger partial charge in [-0.2, -0.15) is 4.98 Å². The highest BCUT2D eigenvalue weighted by atomic mass is 16.5. The predicted molar refractivity (Wildman–Crippen MR) is 49.9 cm³/mol. The van der Waals surface area contributed by atoms with Gasteiger partial charge < -0.3 is 14.3 Å². The lowest BCUT2D eigenvalue weighted by atomic mass is 10.5. The molecule has 0 aliphatic carbocycles. The Hall–Kier alpha value is -1.85. The lowest BCUT2D eigenvalue weighted by molar-refractivity contribution is 0.317. The molecule has 14 heavy (non-hydrogen) atoms. The molecule has 6 heteroatoms. The highest BCUT2D eigenvalue weighted by Crippen LogP contribution is 2.10. The number of aromatic amines is 1. The summed E-state index contributed by atoms with van der Waals surface area (Å²) in [4.78, 5) is 11.0. The third-order valence-corrected chi connectivity index (χ3v) is 1.87. The second kappa shape index (κ2) is 3.13. The maximum Gasteiger partial charge on any atom is 0.296 e. The maximum atomic E-state index is 7.55. The van der Waals surface area contributed by atoms with Crippen molar-refractivity contribution in [3.05, 3.63) is 11.8 Å². The molecule has 0 fully saturated rings. The number of aromatic nitrogens is 4. The first-order chi connectivity index (χ1) is 6.72. The van der Waals surface area contributed by atoms with E-state index < -0.39 is 0 Å². The van der Waals surface area contributed by atoms with Crippen molar-refractivity contribution in [1.82, 2.24) is 19.5 Å². The molecule has 0 saturated heterocycles. The van der Waals surface area contributed by atoms with E-state index in [9.17, 15) is 0 Å². The Morgan fingerprint density at radius 1 is 1.64 bits per heavy atom. The summed E-state index contributed by atoms with van der Waals surface area (Å²) in [5.74, 6) is 0. The van der Waals surface area contributed by atoms with Crippen LogP contribution in [0, 0.1) is 5.41 Å². The standard InChI is InChI=1S/C8H11N5O/c1-3-14-8-11-5-6(9)10-4-13(2)7(5)12-8/h4,9H,3H2,1-2H3,(H,11,12). The van der Waals surface area contributed by atoms with Crippen molar-refractivity contribution in [2.75, 3.05) is 6.61 Å². The molecule has 0 aromatic carbocycles. The SMILES string of the molecule is CCOc1nc2c([nH]1)c(=N)ncn2C. The van der Waals surface area contributed by atoms with E-state index in [1.165, 1.54) is 0 Å². The van der Waals surface area contributed by atoms with E-state index in [1.807, 2.05) is 14.0 Å². The molecule has 0 saturated carbocycles. The minimum Gasteiger partial charge on any atom is -0.465 e. The summed E-state index contributed by atoms with van der Waals surface area (Å²) in [7, 11) is 1.82. The fourth-order valence-electron chi connectivity index (χ4n) is 1.23. The summed E-state index contributed by atoms with van der Waals surface area (Å²) in [6, 6.07) is 0.430. The van der Waals surface area contributed by atoms with Crippen LogP contribution in [0.25, 0.3) is 11.2 Å². The van der Waals surface area contributed by atoms with Gasteiger partial charge in [0, 0.05) is 7.05 Å². The average molecular weight is 193 g/mol. The fraction of sp³-hybridized carbons (Fsp3) is 0.375. The Balaban J connectivity index is 2.69. The van der Waals surface area contributed by atoms with E-state index in [1.54, 1.807) is 10.9 Å². The number of ether oxygens (including phenoxy) is 1. The number of hydrogen-bond acceptors (Lipinski definition) is 4. The van der Waals surface area contributed by atoms with E-state index in [0.717, 1.165) is 0 Å². The van der Waals surface area contributed by atoms with E-state index in [4.69, 9.17) is 10.1 Å². The average Bonchev–Trinajstić information content (AvgIpc) is 2.57. The number of imidazole rings is 1. The van der Waals surface area contributed by atoms with Gasteiger partial charge >= 0.3 is 0 Å². The Labute approximate surface area is 80.1 Å². The molecular weight excluding hydrogens is 182 g/mol. The van der Waals surface area contributed by atoms with Crippen molar-refractivity contribution in [2.24, 2.45) is 7.05 Å². The first-order valence-electron chi connectivity index (χ1n) is 4.31. The molecular formula is C8H11N5O. The molecule has 0 unspecified atom stereocenters. The van der Waals surface area contributed by atoms with Gasteiger partial charge in [0.2, 0.25) is 0 Å². The van der Waals surface area contributed by atoms with Crippen molar-refractivity contribution in [1.29, 1.82) is 5.41 Å². The zero-order chi connectivity index (χ0) is 10.1. The molecule has 2 rings (SSSR count). The van der Waals surface area contributed by atoms with Gasteiger partial charge in [0.25, 0.3) is 6.01 Å². The Kier molecular flexibility index (Phi) is 1.95. The van der Waals surface area contributed by atoms with Crippen molar-refractivity contribution in [2.45, 2.75) is 6.92 Å². The minimum absolute atomic E-state index is 0.177. The third kappa shape index (κ3) is 1.24. The lowest BCUT2D eigenvalue weighted by Gasteiger charge is -1.95. The molecule has 74 valence electrons. The molecule has 0 amide bonds. The second-order valence-corrected chi connectivity index (χ2v) is 2.88. The largest absolute Gasteiger partial charge is 0.465 e. The second-order valence-electron chi connectivity index (χ2n) is 2.88. The summed E-state index contributed by atoms with van der Waals surface area (Å²) in [6.45, 7) is 2.43. The molecule has 0 bridgehead atoms. The van der Waals surface area contributed by atoms with Gasteiger partial charge in [-0.25, -0.2) is 4.98 Å². The van der Waals surface area contributed by atoms with Crippen LogP contribution in [0.2, 0.25) is 0 Å². The van der Waals surface area contributed by atoms with E-state index in [0.29, 0.717) is 23.8 Å². The summed E-state index contributed by atoms with van der Waals surface area (Å²) in [5.41, 5.74) is 1.45. The molecule has 0 atom stereocenters. The zero-order valence-corrected chi connectivity index (χ0v) is 8.03. The number of rotatable bonds is 2. The van der Waals surface area contributed by atoms with Crippen LogP contribution in [0.3, 0.4) is 0 Å². The number of nitrogens with zero attached hydrogens (tertiary/aromatic N) is 3. The van der Waals surface area contributed by atoms with Crippen LogP contribution in [0.15, 0.2) is 6.33 Å². The number of H-pyrrole nitrogens is 1. The van der Waals surface area contributed by atoms with Gasteiger partial charge in [-0.15, -0.1) is 0 Å². The van der Waals surface area contributed by atoms with Gasteiger partial charge in [-0.05, 0) is 6.92 Å². The van der Waals surface area contributed by atoms with Crippen molar-refractivity contribution >= 4 is 11.2 Å². The molecule has 0 spiro atoms. The van der Waals surface area contributed by atoms with Gasteiger partial charge in [-0.3, -0.25) is 5.41 Å². The Morgan fingerprint density at radius 2 is 2.43 bits per heavy atom. The first kappa shape index (κ1) is 8.74. The lowest BCUT2D eigenvalue weighted by Crippen LogP contribution is -2.10. The molecule has 2 aromatic heterocycles. The minimum atomic E-state index is 0.177. The van der Waals surface area contributed by atoms with Gasteiger partial charge in [0.05, 0.1) is 12.9 Å². The van der Waals surface area contributed by atoms with Crippen molar-refractivity contribution in [3.8, 4) is 6.01 Å². The van der Waals surface area contributed by atoms with Gasteiger partial charge in [-0.1, -0.05) is 0 Å². The monoisotopic (exact) mass is 193 g/mol. The predicted octanol–water partition coefficient (Wildman–Crippen LogP) is 0.175. The van der Waals surface area contributed by atoms with Crippen molar-refractivity contribution in [3.63, 3.8) is 0 Å². The molecule has 0 aliphatic rings. The van der Waals surface area contributed by atoms with Crippen LogP contribution < -0.4 is 10.2 Å². The fourth-order valence-corrected chi connectivity index (χ4v) is 1.23. The van der Waals surface area contributed by atoms with Gasteiger partial charge in [0.1, 0.15) is 5.52 Å². The summed E-state index contributed by atoms with van der Waals surface area (Å²) in [6.07, 6.45) is 1.56. The van der Waals surface area contributed by atoms with Crippen LogP contribution in [0.5, 0.6) is 6.01 Å². The molecule has 6 nitrogen and oxygen atoms in total. The normalized spacial score (nSPS) is 10.7. The number of aryl methyl sites for hydroxylation is 1. The number of hydrogen-bond donors (Lipinski definition) is 2. The maximum absolute atomic E-state index is 7.55. The third-order valence-electron chi connectivity index (χ3n) is 1.87. The molecule has 2 heterocycles. The first-order valence-corrected chi connectivity index (χ1v) is 4.31. The molecule has 0 aliphatic heterocycles. The highest BCUT2D eigenvalue weighted by molar-refractivity contribution is 5.69. The van der Waals surface area contributed by atoms with Crippen LogP contribution in [0.1, 0.15) is 6.92 Å². The molecule has 2 N–H and O–H groups in total. The summed E-state index contributed by atoms with van der Waals surface area (Å²) < 4.78 is 6.95. The van der Waals surface area contributed by atoms with E-state index in [2.05, 4.69) is 15.0 Å². The van der Waals surface area contributed by atoms with Crippen LogP contribution in [0.4, 0.5) is 0 Å². The highest BCUT2D eigenvalue weighted by Gasteiger charge is 2.06. The number of nitrogens with one attached hydrogen (secondary N) is 2. The van der Waals surface area contributed by atoms with Crippen LogP contribution >= 0.6 is 0 Å². The molecule has 2 aromatic rings. The van der Waals surface area contributed by atoms with Crippen molar-refractivity contribution < 1.29 is 4.74 Å². The quantitative estimate of drug-likeness (QED) is 0.713. The Bertz CT molecular complexity index is 512. The van der Waals surface area contributed by atoms with E-state index in [-0.39, 0.29) is 5.49 Å². The summed E-state index contributed by atoms with van der Waals surface area (Å²) >= 11 is 0. The summed E-state index contributed by atoms with van der Waals surface area (Å²) in [5, 5.41) is 7.55. The van der Waals surface area contributed by atoms with Gasteiger partial charge in [0.15, 0.2) is 11.1 Å². The van der Waals surface area contributed by atoms with E-state index >= 15 is 0 Å². The molecule has 0 radical (unpaired) electrons. The topological polar surface area (TPSA) is 79.6 Å². The smallest absolute Gasteiger partial charge is 0.296 e. The van der Waals surface area contributed by atoms with Crippen LogP contribution in [-0.2, 0) is 7.05 Å². The number of fused-ring (bicyclic) bond motifs is 1.